The van der Waals surface area contributed by atoms with Gasteiger partial charge in [-0.15, -0.1) is 0 Å². The van der Waals surface area contributed by atoms with Crippen LogP contribution in [0.2, 0.25) is 0 Å². The molecule has 0 fully saturated rings. The quantitative estimate of drug-likeness (QED) is 0.472. The number of ether oxygens (including phenoxy) is 1. The molecular formula is C28H28N2O4. The van der Waals surface area contributed by atoms with Crippen molar-refractivity contribution in [1.29, 1.82) is 0 Å². The van der Waals surface area contributed by atoms with Crippen molar-refractivity contribution in [3.8, 4) is 5.75 Å². The first kappa shape index (κ1) is 23.2. The van der Waals surface area contributed by atoms with Crippen molar-refractivity contribution >= 4 is 23.4 Å². The number of carbonyl (C=O) groups excluding carboxylic acids is 3. The summed E-state index contributed by atoms with van der Waals surface area (Å²) in [6.07, 6.45) is 0. The van der Waals surface area contributed by atoms with Crippen molar-refractivity contribution in [3.05, 3.63) is 95.6 Å². The van der Waals surface area contributed by atoms with Crippen LogP contribution in [0.25, 0.3) is 0 Å². The summed E-state index contributed by atoms with van der Waals surface area (Å²) in [7, 11) is 0. The third-order valence-corrected chi connectivity index (χ3v) is 5.50. The van der Waals surface area contributed by atoms with Gasteiger partial charge in [-0.25, -0.2) is 0 Å². The first-order valence-corrected chi connectivity index (χ1v) is 11.3. The first-order valence-electron chi connectivity index (χ1n) is 11.3. The van der Waals surface area contributed by atoms with E-state index >= 15 is 0 Å². The number of imide groups is 1. The molecule has 0 saturated heterocycles. The topological polar surface area (TPSA) is 66.9 Å². The summed E-state index contributed by atoms with van der Waals surface area (Å²) < 4.78 is 6.09. The minimum Gasteiger partial charge on any atom is -0.487 e. The van der Waals surface area contributed by atoms with Crippen LogP contribution in [0.1, 0.15) is 47.1 Å². The Balaban J connectivity index is 1.60. The molecule has 0 N–H and O–H groups in total. The van der Waals surface area contributed by atoms with Gasteiger partial charge in [-0.2, -0.15) is 0 Å². The average molecular weight is 457 g/mol. The zero-order chi connectivity index (χ0) is 24.3. The fraction of sp³-hybridized carbons (Fsp3) is 0.250. The van der Waals surface area contributed by atoms with Gasteiger partial charge in [-0.3, -0.25) is 19.3 Å². The highest BCUT2D eigenvalue weighted by Gasteiger charge is 2.38. The summed E-state index contributed by atoms with van der Waals surface area (Å²) in [5, 5.41) is 0. The smallest absolute Gasteiger partial charge is 0.262 e. The predicted molar refractivity (Wildman–Crippen MR) is 131 cm³/mol. The lowest BCUT2D eigenvalue weighted by atomic mass is 9.95. The molecular weight excluding hydrogens is 428 g/mol. The van der Waals surface area contributed by atoms with Crippen LogP contribution in [0.4, 0.5) is 5.69 Å². The maximum absolute atomic E-state index is 13.6. The molecule has 0 radical (unpaired) electrons. The Morgan fingerprint density at radius 2 is 1.38 bits per heavy atom. The van der Waals surface area contributed by atoms with Crippen molar-refractivity contribution in [1.82, 2.24) is 4.90 Å². The van der Waals surface area contributed by atoms with Crippen LogP contribution in [0, 0.1) is 5.41 Å². The predicted octanol–water partition coefficient (Wildman–Crippen LogP) is 4.94. The Morgan fingerprint density at radius 3 is 2.00 bits per heavy atom. The number of nitrogens with zero attached hydrogens (tertiary/aromatic N) is 2. The molecule has 0 aliphatic carbocycles. The molecule has 4 rings (SSSR count). The number of hydrogen-bond donors (Lipinski definition) is 0. The zero-order valence-electron chi connectivity index (χ0n) is 19.7. The Hall–Kier alpha value is -3.93. The van der Waals surface area contributed by atoms with Crippen LogP contribution < -0.4 is 9.64 Å². The highest BCUT2D eigenvalue weighted by molar-refractivity contribution is 6.22. The highest BCUT2D eigenvalue weighted by Crippen LogP contribution is 2.32. The second-order valence-corrected chi connectivity index (χ2v) is 9.52. The van der Waals surface area contributed by atoms with Crippen molar-refractivity contribution in [2.45, 2.75) is 27.4 Å². The van der Waals surface area contributed by atoms with Crippen LogP contribution >= 0.6 is 0 Å². The van der Waals surface area contributed by atoms with Crippen LogP contribution in [0.3, 0.4) is 0 Å². The molecule has 1 aliphatic rings. The molecule has 3 aromatic carbocycles. The van der Waals surface area contributed by atoms with Gasteiger partial charge in [-0.05, 0) is 35.2 Å². The Morgan fingerprint density at radius 1 is 0.824 bits per heavy atom. The van der Waals surface area contributed by atoms with E-state index in [1.165, 1.54) is 0 Å². The van der Waals surface area contributed by atoms with Gasteiger partial charge in [0.2, 0.25) is 5.91 Å². The van der Waals surface area contributed by atoms with Crippen molar-refractivity contribution in [3.63, 3.8) is 0 Å². The van der Waals surface area contributed by atoms with Crippen LogP contribution in [-0.4, -0.2) is 35.7 Å². The number of hydrogen-bond acceptors (Lipinski definition) is 4. The lowest BCUT2D eigenvalue weighted by molar-refractivity contribution is -0.119. The molecule has 0 unspecified atom stereocenters. The number of fused-ring (bicyclic) bond motifs is 1. The fourth-order valence-corrected chi connectivity index (χ4v) is 3.92. The number of para-hydroxylation sites is 2. The number of amides is 3. The molecule has 6 heteroatoms. The van der Waals surface area contributed by atoms with Crippen molar-refractivity contribution in [2.24, 2.45) is 5.41 Å². The van der Waals surface area contributed by atoms with Gasteiger partial charge in [0.15, 0.2) is 0 Å². The van der Waals surface area contributed by atoms with Gasteiger partial charge >= 0.3 is 0 Å². The maximum Gasteiger partial charge on any atom is 0.262 e. The average Bonchev–Trinajstić information content (AvgIpc) is 3.06. The molecule has 34 heavy (non-hydrogen) atoms. The SMILES string of the molecule is CC(C)(C)CN(C(=O)CN1C(=O)c2ccccc2C1=O)c1ccccc1OCc1ccccc1. The second kappa shape index (κ2) is 9.51. The molecule has 0 saturated carbocycles. The molecule has 0 spiro atoms. The summed E-state index contributed by atoms with van der Waals surface area (Å²) in [5.74, 6) is -0.678. The summed E-state index contributed by atoms with van der Waals surface area (Å²) in [4.78, 5) is 41.9. The number of benzene rings is 3. The van der Waals surface area contributed by atoms with Gasteiger partial charge in [0.1, 0.15) is 18.9 Å². The van der Waals surface area contributed by atoms with Crippen LogP contribution in [0.5, 0.6) is 5.75 Å². The van der Waals surface area contributed by atoms with Crippen molar-refractivity contribution in [2.75, 3.05) is 18.0 Å². The summed E-state index contributed by atoms with van der Waals surface area (Å²) in [6, 6.07) is 23.8. The van der Waals surface area contributed by atoms with Crippen LogP contribution in [-0.2, 0) is 11.4 Å². The van der Waals surface area contributed by atoms with E-state index in [2.05, 4.69) is 0 Å². The van der Waals surface area contributed by atoms with E-state index in [-0.39, 0.29) is 17.9 Å². The Labute approximate surface area is 199 Å². The molecule has 6 nitrogen and oxygen atoms in total. The molecule has 3 amide bonds. The van der Waals surface area contributed by atoms with E-state index in [0.717, 1.165) is 10.5 Å². The minimum atomic E-state index is -0.446. The number of rotatable bonds is 7. The fourth-order valence-electron chi connectivity index (χ4n) is 3.92. The number of anilines is 1. The van der Waals surface area contributed by atoms with Gasteiger partial charge in [-0.1, -0.05) is 75.4 Å². The van der Waals surface area contributed by atoms with E-state index in [1.807, 2.05) is 75.4 Å². The number of carbonyl (C=O) groups is 3. The highest BCUT2D eigenvalue weighted by atomic mass is 16.5. The largest absolute Gasteiger partial charge is 0.487 e. The van der Waals surface area contributed by atoms with Gasteiger partial charge in [0.05, 0.1) is 16.8 Å². The second-order valence-electron chi connectivity index (χ2n) is 9.52. The van der Waals surface area contributed by atoms with Gasteiger partial charge in [0.25, 0.3) is 11.8 Å². The van der Waals surface area contributed by atoms with Crippen molar-refractivity contribution < 1.29 is 19.1 Å². The zero-order valence-corrected chi connectivity index (χ0v) is 19.7. The summed E-state index contributed by atoms with van der Waals surface area (Å²) in [6.45, 7) is 6.50. The van der Waals surface area contributed by atoms with E-state index in [1.54, 1.807) is 29.2 Å². The molecule has 174 valence electrons. The monoisotopic (exact) mass is 456 g/mol. The lowest BCUT2D eigenvalue weighted by Gasteiger charge is -2.32. The molecule has 1 heterocycles. The Kier molecular flexibility index (Phi) is 6.50. The van der Waals surface area contributed by atoms with Gasteiger partial charge in [0, 0.05) is 6.54 Å². The van der Waals surface area contributed by atoms with E-state index < -0.39 is 11.8 Å². The molecule has 1 aliphatic heterocycles. The minimum absolute atomic E-state index is 0.232. The van der Waals surface area contributed by atoms with E-state index in [4.69, 9.17) is 4.74 Å². The standard InChI is InChI=1S/C28H28N2O4/c1-28(2,3)19-30(23-15-9-10-16-24(23)34-18-20-11-5-4-6-12-20)25(31)17-29-26(32)21-13-7-8-14-22(21)27(29)33/h4-16H,17-19H2,1-3H3. The summed E-state index contributed by atoms with van der Waals surface area (Å²) in [5.41, 5.74) is 2.04. The first-order chi connectivity index (χ1) is 16.2. The summed E-state index contributed by atoms with van der Waals surface area (Å²) >= 11 is 0. The Bertz CT molecular complexity index is 1180. The van der Waals surface area contributed by atoms with E-state index in [0.29, 0.717) is 35.7 Å². The normalized spacial score (nSPS) is 13.1. The van der Waals surface area contributed by atoms with E-state index in [9.17, 15) is 14.4 Å². The molecule has 0 bridgehead atoms. The molecule has 3 aromatic rings. The third kappa shape index (κ3) is 5.01. The lowest BCUT2D eigenvalue weighted by Crippen LogP contribution is -2.45. The van der Waals surface area contributed by atoms with Crippen LogP contribution in [0.15, 0.2) is 78.9 Å². The van der Waals surface area contributed by atoms with Gasteiger partial charge < -0.3 is 9.64 Å². The molecule has 0 atom stereocenters. The maximum atomic E-state index is 13.6. The third-order valence-electron chi connectivity index (χ3n) is 5.50. The molecule has 0 aromatic heterocycles.